The van der Waals surface area contributed by atoms with Crippen LogP contribution in [0.5, 0.6) is 5.75 Å². The van der Waals surface area contributed by atoms with Crippen LogP contribution in [0.15, 0.2) is 41.8 Å². The maximum absolute atomic E-state index is 12.4. The summed E-state index contributed by atoms with van der Waals surface area (Å²) in [4.78, 5) is 26.2. The van der Waals surface area contributed by atoms with E-state index in [9.17, 15) is 9.59 Å². The van der Waals surface area contributed by atoms with E-state index in [1.54, 1.807) is 24.1 Å². The third kappa shape index (κ3) is 2.46. The Morgan fingerprint density at radius 2 is 1.95 bits per heavy atom. The molecule has 1 aromatic carbocycles. The summed E-state index contributed by atoms with van der Waals surface area (Å²) in [6.07, 6.45) is -0.752. The van der Waals surface area contributed by atoms with E-state index in [1.165, 1.54) is 18.3 Å². The average molecular weight is 317 g/mol. The molecular weight excluding hydrogens is 302 g/mol. The second-order valence-corrected chi connectivity index (χ2v) is 5.88. The average Bonchev–Trinajstić information content (AvgIpc) is 3.03. The van der Waals surface area contributed by atoms with Gasteiger partial charge in [-0.15, -0.1) is 11.3 Å². The molecular formula is C16H15NO4S. The number of β-lactam (4-membered cyclic amide) rings is 1. The fourth-order valence-electron chi connectivity index (χ4n) is 2.52. The molecule has 114 valence electrons. The van der Waals surface area contributed by atoms with E-state index in [1.807, 2.05) is 29.6 Å². The Balaban J connectivity index is 1.91. The summed E-state index contributed by atoms with van der Waals surface area (Å²) in [6, 6.07) is 10.8. The van der Waals surface area contributed by atoms with E-state index in [2.05, 4.69) is 0 Å². The van der Waals surface area contributed by atoms with Crippen molar-refractivity contribution in [1.82, 2.24) is 0 Å². The lowest BCUT2D eigenvalue weighted by Crippen LogP contribution is -2.60. The monoisotopic (exact) mass is 317 g/mol. The molecule has 2 heterocycles. The number of rotatable bonds is 4. The summed E-state index contributed by atoms with van der Waals surface area (Å²) in [6.45, 7) is 1.31. The van der Waals surface area contributed by atoms with Crippen molar-refractivity contribution in [2.24, 2.45) is 0 Å². The van der Waals surface area contributed by atoms with Gasteiger partial charge < -0.3 is 9.47 Å². The number of ether oxygens (including phenoxy) is 2. The van der Waals surface area contributed by atoms with Gasteiger partial charge >= 0.3 is 5.97 Å². The molecule has 22 heavy (non-hydrogen) atoms. The van der Waals surface area contributed by atoms with Crippen LogP contribution in [0.25, 0.3) is 0 Å². The number of amides is 1. The first kappa shape index (κ1) is 14.6. The van der Waals surface area contributed by atoms with E-state index in [4.69, 9.17) is 9.47 Å². The highest BCUT2D eigenvalue weighted by atomic mass is 32.1. The number of hydrogen-bond donors (Lipinski definition) is 0. The van der Waals surface area contributed by atoms with Crippen molar-refractivity contribution in [3.05, 3.63) is 46.7 Å². The zero-order valence-electron chi connectivity index (χ0n) is 12.2. The molecule has 0 unspecified atom stereocenters. The minimum absolute atomic E-state index is 0.209. The molecule has 0 spiro atoms. The largest absolute Gasteiger partial charge is 0.497 e. The lowest BCUT2D eigenvalue weighted by molar-refractivity contribution is -0.160. The Kier molecular flexibility index (Phi) is 3.85. The van der Waals surface area contributed by atoms with E-state index in [0.717, 1.165) is 16.3 Å². The molecule has 3 rings (SSSR count). The van der Waals surface area contributed by atoms with Gasteiger partial charge in [-0.1, -0.05) is 6.07 Å². The van der Waals surface area contributed by atoms with Gasteiger partial charge in [0.05, 0.1) is 7.11 Å². The molecule has 2 atom stereocenters. The lowest BCUT2D eigenvalue weighted by atomic mass is 9.95. The maximum atomic E-state index is 12.4. The van der Waals surface area contributed by atoms with Crippen LogP contribution in [0, 0.1) is 0 Å². The van der Waals surface area contributed by atoms with E-state index < -0.39 is 12.1 Å². The number of methoxy groups -OCH3 is 1. The number of carbonyl (C=O) groups excluding carboxylic acids is 2. The van der Waals surface area contributed by atoms with Gasteiger partial charge in [-0.2, -0.15) is 0 Å². The normalized spacial score (nSPS) is 20.5. The Labute approximate surface area is 132 Å². The first-order valence-electron chi connectivity index (χ1n) is 6.79. The summed E-state index contributed by atoms with van der Waals surface area (Å²) in [7, 11) is 1.59. The molecule has 0 radical (unpaired) electrons. The number of carbonyl (C=O) groups is 2. The van der Waals surface area contributed by atoms with Crippen molar-refractivity contribution in [2.75, 3.05) is 12.0 Å². The molecule has 0 N–H and O–H groups in total. The Bertz CT molecular complexity index is 681. The van der Waals surface area contributed by atoms with Crippen molar-refractivity contribution in [3.8, 4) is 5.75 Å². The topological polar surface area (TPSA) is 55.8 Å². The summed E-state index contributed by atoms with van der Waals surface area (Å²) in [5, 5.41) is 1.94. The second kappa shape index (κ2) is 5.81. The molecule has 1 amide bonds. The van der Waals surface area contributed by atoms with Crippen LogP contribution in [0.2, 0.25) is 0 Å². The highest BCUT2D eigenvalue weighted by Gasteiger charge is 2.51. The van der Waals surface area contributed by atoms with Gasteiger partial charge in [0.25, 0.3) is 5.91 Å². The van der Waals surface area contributed by atoms with E-state index >= 15 is 0 Å². The first-order chi connectivity index (χ1) is 10.6. The van der Waals surface area contributed by atoms with Gasteiger partial charge in [0.2, 0.25) is 6.10 Å². The van der Waals surface area contributed by atoms with Gasteiger partial charge in [0.1, 0.15) is 11.8 Å². The van der Waals surface area contributed by atoms with Crippen LogP contribution >= 0.6 is 11.3 Å². The second-order valence-electron chi connectivity index (χ2n) is 4.90. The van der Waals surface area contributed by atoms with Crippen molar-refractivity contribution in [3.63, 3.8) is 0 Å². The van der Waals surface area contributed by atoms with Crippen LogP contribution in [-0.2, 0) is 14.3 Å². The molecule has 5 nitrogen and oxygen atoms in total. The maximum Gasteiger partial charge on any atom is 0.303 e. The summed E-state index contributed by atoms with van der Waals surface area (Å²) < 4.78 is 10.3. The molecule has 1 fully saturated rings. The SMILES string of the molecule is COc1ccc(N2C(=O)[C@H](OC(C)=O)[C@H]2c2cccs2)cc1. The zero-order chi connectivity index (χ0) is 15.7. The van der Waals surface area contributed by atoms with Gasteiger partial charge in [-0.3, -0.25) is 14.5 Å². The van der Waals surface area contributed by atoms with Crippen LogP contribution in [0.4, 0.5) is 5.69 Å². The first-order valence-corrected chi connectivity index (χ1v) is 7.67. The highest BCUT2D eigenvalue weighted by molar-refractivity contribution is 7.10. The van der Waals surface area contributed by atoms with Gasteiger partial charge in [0, 0.05) is 17.5 Å². The van der Waals surface area contributed by atoms with Gasteiger partial charge in [-0.25, -0.2) is 0 Å². The molecule has 1 aromatic heterocycles. The number of esters is 1. The van der Waals surface area contributed by atoms with Crippen molar-refractivity contribution in [2.45, 2.75) is 19.1 Å². The van der Waals surface area contributed by atoms with Crippen LogP contribution in [0.3, 0.4) is 0 Å². The highest BCUT2D eigenvalue weighted by Crippen LogP contribution is 2.42. The predicted octanol–water partition coefficient (Wildman–Crippen LogP) is 2.78. The number of nitrogens with zero attached hydrogens (tertiary/aromatic N) is 1. The minimum Gasteiger partial charge on any atom is -0.497 e. The molecule has 0 saturated carbocycles. The third-order valence-electron chi connectivity index (χ3n) is 3.52. The Morgan fingerprint density at radius 1 is 1.23 bits per heavy atom. The van der Waals surface area contributed by atoms with Crippen molar-refractivity contribution >= 4 is 28.9 Å². The zero-order valence-corrected chi connectivity index (χ0v) is 13.0. The lowest BCUT2D eigenvalue weighted by Gasteiger charge is -2.45. The molecule has 1 aliphatic heterocycles. The van der Waals surface area contributed by atoms with Crippen LogP contribution in [-0.4, -0.2) is 25.1 Å². The predicted molar refractivity (Wildman–Crippen MR) is 83.1 cm³/mol. The van der Waals surface area contributed by atoms with Crippen LogP contribution < -0.4 is 9.64 Å². The summed E-state index contributed by atoms with van der Waals surface area (Å²) >= 11 is 1.54. The van der Waals surface area contributed by atoms with Crippen LogP contribution in [0.1, 0.15) is 17.8 Å². The molecule has 0 bridgehead atoms. The fourth-order valence-corrected chi connectivity index (χ4v) is 3.36. The fraction of sp³-hybridized carbons (Fsp3) is 0.250. The number of thiophene rings is 1. The minimum atomic E-state index is -0.752. The third-order valence-corrected chi connectivity index (χ3v) is 4.47. The Morgan fingerprint density at radius 3 is 2.50 bits per heavy atom. The van der Waals surface area contributed by atoms with Gasteiger partial charge in [-0.05, 0) is 35.7 Å². The van der Waals surface area contributed by atoms with E-state index in [0.29, 0.717) is 0 Å². The summed E-state index contributed by atoms with van der Waals surface area (Å²) in [5.74, 6) is 0.0639. The summed E-state index contributed by atoms with van der Waals surface area (Å²) in [5.41, 5.74) is 0.757. The molecule has 1 saturated heterocycles. The molecule has 1 aliphatic rings. The standard InChI is InChI=1S/C16H15NO4S/c1-10(18)21-15-14(13-4-3-9-22-13)17(16(15)19)11-5-7-12(20-2)8-6-11/h3-9,14-15H,1-2H3/t14-,15-/m1/s1. The number of hydrogen-bond acceptors (Lipinski definition) is 5. The van der Waals surface area contributed by atoms with Crippen molar-refractivity contribution < 1.29 is 19.1 Å². The van der Waals surface area contributed by atoms with E-state index in [-0.39, 0.29) is 11.9 Å². The Hall–Kier alpha value is -2.34. The smallest absolute Gasteiger partial charge is 0.303 e. The molecule has 2 aromatic rings. The van der Waals surface area contributed by atoms with Gasteiger partial charge in [0.15, 0.2) is 0 Å². The van der Waals surface area contributed by atoms with Crippen molar-refractivity contribution in [1.29, 1.82) is 0 Å². The quantitative estimate of drug-likeness (QED) is 0.643. The molecule has 0 aliphatic carbocycles. The number of benzene rings is 1. The number of anilines is 1. The molecule has 6 heteroatoms.